The van der Waals surface area contributed by atoms with Crippen LogP contribution < -0.4 is 0 Å². The van der Waals surface area contributed by atoms with Gasteiger partial charge in [0.2, 0.25) is 0 Å². The zero-order chi connectivity index (χ0) is 12.4. The smallest absolute Gasteiger partial charge is 0.142 e. The molecule has 1 unspecified atom stereocenters. The van der Waals surface area contributed by atoms with Gasteiger partial charge in [-0.3, -0.25) is 0 Å². The predicted octanol–water partition coefficient (Wildman–Crippen LogP) is 3.40. The van der Waals surface area contributed by atoms with Crippen LogP contribution in [0.5, 0.6) is 0 Å². The Kier molecular flexibility index (Phi) is 3.86. The summed E-state index contributed by atoms with van der Waals surface area (Å²) < 4.78 is 2.72. The first-order valence-corrected chi connectivity index (χ1v) is 6.44. The number of hydrogen-bond acceptors (Lipinski definition) is 2. The second-order valence-corrected chi connectivity index (χ2v) is 4.93. The molecular weight excluding hydrogens is 304 g/mol. The van der Waals surface area contributed by atoms with E-state index in [0.717, 1.165) is 16.6 Å². The molecular formula is C12H12BrClN2O. The Bertz CT molecular complexity index is 527. The van der Waals surface area contributed by atoms with E-state index in [0.29, 0.717) is 10.8 Å². The topological polar surface area (TPSA) is 38.0 Å². The SMILES string of the molecule is CCn1ccnc1C(O)c1cc(Cl)ccc1Br. The van der Waals surface area contributed by atoms with Crippen LogP contribution in [0.4, 0.5) is 0 Å². The number of aromatic nitrogens is 2. The number of halogens is 2. The van der Waals surface area contributed by atoms with Crippen LogP contribution in [-0.4, -0.2) is 14.7 Å². The first-order chi connectivity index (χ1) is 8.13. The van der Waals surface area contributed by atoms with E-state index < -0.39 is 6.10 Å². The largest absolute Gasteiger partial charge is 0.380 e. The molecule has 0 bridgehead atoms. The predicted molar refractivity (Wildman–Crippen MR) is 71.1 cm³/mol. The van der Waals surface area contributed by atoms with E-state index in [1.165, 1.54) is 0 Å². The first kappa shape index (κ1) is 12.6. The highest BCUT2D eigenvalue weighted by Gasteiger charge is 2.18. The van der Waals surface area contributed by atoms with Crippen molar-refractivity contribution in [2.75, 3.05) is 0 Å². The molecule has 17 heavy (non-hydrogen) atoms. The van der Waals surface area contributed by atoms with Gasteiger partial charge < -0.3 is 9.67 Å². The quantitative estimate of drug-likeness (QED) is 0.942. The Hall–Kier alpha value is -0.840. The molecule has 1 aromatic carbocycles. The number of aliphatic hydroxyl groups is 1. The lowest BCUT2D eigenvalue weighted by molar-refractivity contribution is 0.204. The maximum Gasteiger partial charge on any atom is 0.142 e. The third-order valence-electron chi connectivity index (χ3n) is 2.59. The minimum absolute atomic E-state index is 0.594. The van der Waals surface area contributed by atoms with Crippen LogP contribution in [0, 0.1) is 0 Å². The minimum Gasteiger partial charge on any atom is -0.380 e. The molecule has 1 atom stereocenters. The summed E-state index contributed by atoms with van der Waals surface area (Å²) in [5.74, 6) is 0.621. The second-order valence-electron chi connectivity index (χ2n) is 3.64. The van der Waals surface area contributed by atoms with Crippen LogP contribution in [0.15, 0.2) is 35.1 Å². The van der Waals surface area contributed by atoms with Crippen molar-refractivity contribution in [2.45, 2.75) is 19.6 Å². The Balaban J connectivity index is 2.43. The maximum atomic E-state index is 10.3. The molecule has 0 spiro atoms. The summed E-state index contributed by atoms with van der Waals surface area (Å²) in [7, 11) is 0. The van der Waals surface area contributed by atoms with Crippen molar-refractivity contribution in [1.82, 2.24) is 9.55 Å². The van der Waals surface area contributed by atoms with Crippen LogP contribution in [0.3, 0.4) is 0 Å². The van der Waals surface area contributed by atoms with Crippen molar-refractivity contribution < 1.29 is 5.11 Å². The lowest BCUT2D eigenvalue weighted by atomic mass is 10.1. The van der Waals surface area contributed by atoms with Gasteiger partial charge in [-0.2, -0.15) is 0 Å². The third-order valence-corrected chi connectivity index (χ3v) is 3.54. The van der Waals surface area contributed by atoms with Gasteiger partial charge in [-0.05, 0) is 25.1 Å². The molecule has 0 saturated carbocycles. The number of rotatable bonds is 3. The van der Waals surface area contributed by atoms with Gasteiger partial charge in [-0.15, -0.1) is 0 Å². The van der Waals surface area contributed by atoms with Gasteiger partial charge >= 0.3 is 0 Å². The lowest BCUT2D eigenvalue weighted by Gasteiger charge is -2.14. The van der Waals surface area contributed by atoms with Crippen LogP contribution in [0.25, 0.3) is 0 Å². The average molecular weight is 316 g/mol. The normalized spacial score (nSPS) is 12.7. The monoisotopic (exact) mass is 314 g/mol. The molecule has 0 saturated heterocycles. The van der Waals surface area contributed by atoms with E-state index in [1.54, 1.807) is 18.3 Å². The van der Waals surface area contributed by atoms with Crippen molar-refractivity contribution in [3.63, 3.8) is 0 Å². The highest BCUT2D eigenvalue weighted by atomic mass is 79.9. The molecule has 0 radical (unpaired) electrons. The van der Waals surface area contributed by atoms with E-state index in [2.05, 4.69) is 20.9 Å². The van der Waals surface area contributed by atoms with E-state index in [1.807, 2.05) is 23.8 Å². The standard InChI is InChI=1S/C12H12BrClN2O/c1-2-16-6-5-15-12(16)11(17)9-7-8(14)3-4-10(9)13/h3-7,11,17H,2H2,1H3. The van der Waals surface area contributed by atoms with Crippen molar-refractivity contribution in [3.8, 4) is 0 Å². The zero-order valence-corrected chi connectivity index (χ0v) is 11.6. The molecule has 0 fully saturated rings. The van der Waals surface area contributed by atoms with E-state index in [9.17, 15) is 5.11 Å². The van der Waals surface area contributed by atoms with Gasteiger partial charge in [-0.25, -0.2) is 4.98 Å². The maximum absolute atomic E-state index is 10.3. The molecule has 5 heteroatoms. The summed E-state index contributed by atoms with van der Waals surface area (Å²) in [6.07, 6.45) is 2.75. The number of aliphatic hydroxyl groups excluding tert-OH is 1. The average Bonchev–Trinajstić information content (AvgIpc) is 2.79. The number of hydrogen-bond donors (Lipinski definition) is 1. The minimum atomic E-state index is -0.780. The highest BCUT2D eigenvalue weighted by molar-refractivity contribution is 9.10. The van der Waals surface area contributed by atoms with Crippen LogP contribution >= 0.6 is 27.5 Å². The van der Waals surface area contributed by atoms with Crippen molar-refractivity contribution >= 4 is 27.5 Å². The van der Waals surface area contributed by atoms with Gasteiger partial charge in [0.15, 0.2) is 0 Å². The van der Waals surface area contributed by atoms with Crippen molar-refractivity contribution in [3.05, 3.63) is 51.5 Å². The number of aryl methyl sites for hydroxylation is 1. The molecule has 0 aliphatic carbocycles. The fraction of sp³-hybridized carbons (Fsp3) is 0.250. The molecule has 2 rings (SSSR count). The molecule has 0 aliphatic rings. The summed E-state index contributed by atoms with van der Waals surface area (Å²) in [4.78, 5) is 4.18. The van der Waals surface area contributed by atoms with Gasteiger partial charge in [0.05, 0.1) is 0 Å². The zero-order valence-electron chi connectivity index (χ0n) is 9.27. The first-order valence-electron chi connectivity index (χ1n) is 5.27. The highest BCUT2D eigenvalue weighted by Crippen LogP contribution is 2.30. The van der Waals surface area contributed by atoms with Crippen LogP contribution in [0.1, 0.15) is 24.4 Å². The van der Waals surface area contributed by atoms with Gasteiger partial charge in [0.1, 0.15) is 11.9 Å². The molecule has 1 N–H and O–H groups in total. The van der Waals surface area contributed by atoms with E-state index in [4.69, 9.17) is 11.6 Å². The number of nitrogens with zero attached hydrogens (tertiary/aromatic N) is 2. The fourth-order valence-corrected chi connectivity index (χ4v) is 2.34. The summed E-state index contributed by atoms with van der Waals surface area (Å²) in [6, 6.07) is 5.33. The number of imidazole rings is 1. The van der Waals surface area contributed by atoms with Crippen molar-refractivity contribution in [2.24, 2.45) is 0 Å². The Labute approximate surface area is 113 Å². The summed E-state index contributed by atoms with van der Waals surface area (Å²) in [6.45, 7) is 2.77. The Morgan fingerprint density at radius 3 is 3.00 bits per heavy atom. The number of benzene rings is 1. The Morgan fingerprint density at radius 1 is 1.53 bits per heavy atom. The van der Waals surface area contributed by atoms with Crippen LogP contribution in [0.2, 0.25) is 5.02 Å². The molecule has 0 amide bonds. The van der Waals surface area contributed by atoms with E-state index in [-0.39, 0.29) is 0 Å². The lowest BCUT2D eigenvalue weighted by Crippen LogP contribution is -2.09. The fourth-order valence-electron chi connectivity index (χ4n) is 1.70. The third kappa shape index (κ3) is 2.54. The van der Waals surface area contributed by atoms with Gasteiger partial charge in [0, 0.05) is 34.0 Å². The molecule has 2 aromatic rings. The molecule has 0 aliphatic heterocycles. The molecule has 1 heterocycles. The van der Waals surface area contributed by atoms with Crippen molar-refractivity contribution in [1.29, 1.82) is 0 Å². The Morgan fingerprint density at radius 2 is 2.29 bits per heavy atom. The van der Waals surface area contributed by atoms with Gasteiger partial charge in [-0.1, -0.05) is 27.5 Å². The van der Waals surface area contributed by atoms with Crippen LogP contribution in [-0.2, 0) is 6.54 Å². The van der Waals surface area contributed by atoms with Gasteiger partial charge in [0.25, 0.3) is 0 Å². The summed E-state index contributed by atoms with van der Waals surface area (Å²) in [5.41, 5.74) is 0.721. The van der Waals surface area contributed by atoms with E-state index >= 15 is 0 Å². The summed E-state index contributed by atoms with van der Waals surface area (Å²) >= 11 is 9.34. The molecule has 1 aromatic heterocycles. The molecule has 90 valence electrons. The second kappa shape index (κ2) is 5.21. The summed E-state index contributed by atoms with van der Waals surface area (Å²) in [5, 5.41) is 10.9. The molecule has 3 nitrogen and oxygen atoms in total.